The molecule has 3 heterocycles. The Morgan fingerprint density at radius 1 is 0.918 bits per heavy atom. The number of benzene rings is 3. The van der Waals surface area contributed by atoms with Gasteiger partial charge in [-0.25, -0.2) is 14.0 Å². The first kappa shape index (κ1) is 35.4. The molecule has 0 radical (unpaired) electrons. The van der Waals surface area contributed by atoms with Gasteiger partial charge in [0.1, 0.15) is 0 Å². The minimum Gasteiger partial charge on any atom is -0.352 e. The highest BCUT2D eigenvalue weighted by molar-refractivity contribution is 7.80. The normalized spacial score (nSPS) is 22.6. The van der Waals surface area contributed by atoms with Gasteiger partial charge in [-0.15, -0.1) is 0 Å². The van der Waals surface area contributed by atoms with Crippen molar-refractivity contribution in [2.45, 2.75) is 57.1 Å². The number of morpholine rings is 1. The molecule has 260 valence electrons. The van der Waals surface area contributed by atoms with E-state index in [-0.39, 0.29) is 12.1 Å². The van der Waals surface area contributed by atoms with Gasteiger partial charge in [0.05, 0.1) is 17.7 Å². The maximum absolute atomic E-state index is 13.4. The molecule has 49 heavy (non-hydrogen) atoms. The molecule has 0 saturated carbocycles. The minimum absolute atomic E-state index is 0.239. The van der Waals surface area contributed by atoms with Crippen LogP contribution in [0.3, 0.4) is 0 Å². The molecule has 3 aromatic carbocycles. The number of nitrogens with zero attached hydrogens (tertiary/aromatic N) is 4. The first-order chi connectivity index (χ1) is 23.5. The Hall–Kier alpha value is -3.38. The number of aryl methyl sites for hydroxylation is 1. The molecule has 1 aromatic heterocycles. The molecule has 11 nitrogen and oxygen atoms in total. The molecule has 0 aliphatic carbocycles. The van der Waals surface area contributed by atoms with Crippen LogP contribution in [0, 0.1) is 6.92 Å². The quantitative estimate of drug-likeness (QED) is 0.172. The van der Waals surface area contributed by atoms with Crippen LogP contribution < -0.4 is 11.2 Å². The summed E-state index contributed by atoms with van der Waals surface area (Å²) in [6.45, 7) is 3.83. The van der Waals surface area contributed by atoms with E-state index in [2.05, 4.69) is 65.0 Å². The third-order valence-electron chi connectivity index (χ3n) is 9.59. The van der Waals surface area contributed by atoms with E-state index in [9.17, 15) is 19.0 Å². The lowest BCUT2D eigenvalue weighted by Gasteiger charge is -2.51. The molecule has 0 spiro atoms. The number of hydrogen-bond donors (Lipinski definition) is 2. The first-order valence-corrected chi connectivity index (χ1v) is 19.1. The highest BCUT2D eigenvalue weighted by Gasteiger charge is 2.47. The summed E-state index contributed by atoms with van der Waals surface area (Å²) >= 11 is 5.74. The number of H-pyrrole nitrogens is 1. The summed E-state index contributed by atoms with van der Waals surface area (Å²) in [4.78, 5) is 42.9. The minimum atomic E-state index is -4.35. The van der Waals surface area contributed by atoms with Gasteiger partial charge in [-0.2, -0.15) is 5.06 Å². The van der Waals surface area contributed by atoms with Crippen LogP contribution in [0.4, 0.5) is 0 Å². The zero-order chi connectivity index (χ0) is 34.8. The maximum Gasteiger partial charge on any atom is 0.438 e. The van der Waals surface area contributed by atoms with Crippen LogP contribution in [0.15, 0.2) is 107 Å². The summed E-state index contributed by atoms with van der Waals surface area (Å²) in [5, 5.41) is 1.51. The molecule has 4 aromatic rings. The predicted octanol–water partition coefficient (Wildman–Crippen LogP) is 5.09. The van der Waals surface area contributed by atoms with E-state index < -0.39 is 36.1 Å². The van der Waals surface area contributed by atoms with Crippen molar-refractivity contribution in [3.8, 4) is 0 Å². The molecular weight excluding hydrogens is 665 g/mol. The van der Waals surface area contributed by atoms with Crippen LogP contribution in [0.2, 0.25) is 0 Å². The molecule has 2 fully saturated rings. The standard InChI is InChI=1S/C36H43ClN5O6P/c1-26(2)39-19-20-42(48-49(37,45)46)31(23-39)21-32-24-40(25-33(47-32)41-22-27(3)34(43)38-35(41)44)36(28-13-7-4-8-14-28,29-15-9-5-10-16-29)30-17-11-6-12-18-30/h4-18,22,26,31-33H,19-21,23-25H2,1-3H3,(H,45,46)(H,38,43,44)/t31?,32-,33+/m0/s1. The number of nitrogens with one attached hydrogen (secondary N) is 1. The summed E-state index contributed by atoms with van der Waals surface area (Å²) < 4.78 is 26.0. The lowest BCUT2D eigenvalue weighted by atomic mass is 9.75. The molecule has 2 N–H and O–H groups in total. The average Bonchev–Trinajstić information content (AvgIpc) is 3.08. The van der Waals surface area contributed by atoms with Gasteiger partial charge in [-0.05, 0) is 43.9 Å². The van der Waals surface area contributed by atoms with Gasteiger partial charge < -0.3 is 9.63 Å². The molecular formula is C36H43ClN5O6P. The second-order valence-corrected chi connectivity index (χ2v) is 15.4. The number of piperazine rings is 1. The van der Waals surface area contributed by atoms with Crippen LogP contribution in [0.25, 0.3) is 0 Å². The Bertz CT molecular complexity index is 1770. The second-order valence-electron chi connectivity index (χ2n) is 13.1. The topological polar surface area (TPSA) is 120 Å². The zero-order valence-electron chi connectivity index (χ0n) is 27.9. The molecule has 13 heteroatoms. The predicted molar refractivity (Wildman–Crippen MR) is 189 cm³/mol. The SMILES string of the molecule is Cc1cn([C@H]2CN(C(c3ccccc3)(c3ccccc3)c3ccccc3)C[C@H](CC3CN(C(C)C)CCN3OP(=O)(O)Cl)O2)c(=O)[nH]c1=O. The van der Waals surface area contributed by atoms with E-state index in [0.29, 0.717) is 44.7 Å². The maximum atomic E-state index is 13.4. The highest BCUT2D eigenvalue weighted by Crippen LogP contribution is 2.49. The molecule has 2 aliphatic rings. The second kappa shape index (κ2) is 14.8. The van der Waals surface area contributed by atoms with E-state index in [4.69, 9.17) is 20.6 Å². The number of hydroxylamine groups is 2. The largest absolute Gasteiger partial charge is 0.438 e. The number of aromatic amines is 1. The lowest BCUT2D eigenvalue weighted by Crippen LogP contribution is -2.60. The smallest absolute Gasteiger partial charge is 0.352 e. The zero-order valence-corrected chi connectivity index (χ0v) is 29.5. The summed E-state index contributed by atoms with van der Waals surface area (Å²) in [5.41, 5.74) is 1.67. The monoisotopic (exact) mass is 707 g/mol. The number of aromatic nitrogens is 2. The molecule has 2 aliphatic heterocycles. The van der Waals surface area contributed by atoms with Crippen molar-refractivity contribution >= 4 is 18.2 Å². The van der Waals surface area contributed by atoms with Crippen LogP contribution in [0.1, 0.15) is 48.8 Å². The first-order valence-electron chi connectivity index (χ1n) is 16.6. The number of rotatable bonds is 10. The van der Waals surface area contributed by atoms with Gasteiger partial charge in [0, 0.05) is 61.8 Å². The van der Waals surface area contributed by atoms with Gasteiger partial charge in [0.2, 0.25) is 0 Å². The number of ether oxygens (including phenoxy) is 1. The van der Waals surface area contributed by atoms with Gasteiger partial charge in [0.25, 0.3) is 5.56 Å². The molecule has 2 saturated heterocycles. The average molecular weight is 708 g/mol. The van der Waals surface area contributed by atoms with Crippen molar-refractivity contribution in [1.29, 1.82) is 0 Å². The van der Waals surface area contributed by atoms with Crippen molar-refractivity contribution in [3.63, 3.8) is 0 Å². The summed E-state index contributed by atoms with van der Waals surface area (Å²) in [6, 6.07) is 30.7. The van der Waals surface area contributed by atoms with Crippen LogP contribution in [0.5, 0.6) is 0 Å². The Morgan fingerprint density at radius 3 is 1.98 bits per heavy atom. The van der Waals surface area contributed by atoms with Crippen molar-refractivity contribution in [1.82, 2.24) is 24.4 Å². The molecule has 0 amide bonds. The fourth-order valence-corrected chi connectivity index (χ4v) is 8.04. The van der Waals surface area contributed by atoms with Crippen LogP contribution in [-0.4, -0.2) is 80.2 Å². The third kappa shape index (κ3) is 7.70. The summed E-state index contributed by atoms with van der Waals surface area (Å²) in [5.74, 6) is 0. The van der Waals surface area contributed by atoms with Crippen LogP contribution in [-0.2, 0) is 19.5 Å². The van der Waals surface area contributed by atoms with E-state index >= 15 is 0 Å². The highest BCUT2D eigenvalue weighted by atomic mass is 35.7. The van der Waals surface area contributed by atoms with Gasteiger partial charge in [-0.3, -0.25) is 24.1 Å². The van der Waals surface area contributed by atoms with E-state index in [1.54, 1.807) is 13.1 Å². The van der Waals surface area contributed by atoms with Crippen molar-refractivity contribution in [2.24, 2.45) is 0 Å². The Labute approximate surface area is 290 Å². The molecule has 2 unspecified atom stereocenters. The Morgan fingerprint density at radius 2 is 1.47 bits per heavy atom. The van der Waals surface area contributed by atoms with Crippen molar-refractivity contribution < 1.29 is 18.8 Å². The van der Waals surface area contributed by atoms with Crippen LogP contribution >= 0.6 is 18.2 Å². The molecule has 0 bridgehead atoms. The van der Waals surface area contributed by atoms with E-state index in [1.165, 1.54) is 9.63 Å². The van der Waals surface area contributed by atoms with Crippen molar-refractivity contribution in [3.05, 3.63) is 140 Å². The van der Waals surface area contributed by atoms with Crippen molar-refractivity contribution in [2.75, 3.05) is 32.7 Å². The number of hydrogen-bond acceptors (Lipinski definition) is 8. The number of halogens is 1. The van der Waals surface area contributed by atoms with E-state index in [1.807, 2.05) is 54.6 Å². The lowest BCUT2D eigenvalue weighted by molar-refractivity contribution is -0.176. The van der Waals surface area contributed by atoms with E-state index in [0.717, 1.165) is 16.7 Å². The Kier molecular flexibility index (Phi) is 10.7. The summed E-state index contributed by atoms with van der Waals surface area (Å²) in [6.07, 6.45) is 0.685. The van der Waals surface area contributed by atoms with Gasteiger partial charge >= 0.3 is 12.6 Å². The fraction of sp³-hybridized carbons (Fsp3) is 0.389. The molecule has 4 atom stereocenters. The molecule has 6 rings (SSSR count). The Balaban J connectivity index is 1.50. The summed E-state index contributed by atoms with van der Waals surface area (Å²) in [7, 11) is 0. The fourth-order valence-electron chi connectivity index (χ4n) is 7.32. The third-order valence-corrected chi connectivity index (χ3v) is 10.2. The van der Waals surface area contributed by atoms with Gasteiger partial charge in [0.15, 0.2) is 6.23 Å². The van der Waals surface area contributed by atoms with Gasteiger partial charge in [-0.1, -0.05) is 91.0 Å².